The van der Waals surface area contributed by atoms with Gasteiger partial charge in [0.2, 0.25) is 0 Å². The van der Waals surface area contributed by atoms with Crippen LogP contribution in [0.25, 0.3) is 0 Å². The zero-order valence-corrected chi connectivity index (χ0v) is 12.2. The van der Waals surface area contributed by atoms with Crippen molar-refractivity contribution in [2.45, 2.75) is 52.7 Å². The Morgan fingerprint density at radius 2 is 1.00 bits per heavy atom. The quantitative estimate of drug-likeness (QED) is 0.563. The van der Waals surface area contributed by atoms with E-state index in [0.717, 1.165) is 12.2 Å². The third-order valence-corrected chi connectivity index (χ3v) is 1.15. The largest absolute Gasteiger partial charge is 0.457 e. The maximum absolute atomic E-state index is 10.5. The normalized spacial score (nSPS) is 10.6. The molecule has 0 fully saturated rings. The Balaban J connectivity index is 0. The highest BCUT2D eigenvalue weighted by Gasteiger charge is 2.13. The van der Waals surface area contributed by atoms with Gasteiger partial charge >= 0.3 is 11.9 Å². The number of ether oxygens (including phenoxy) is 2. The molecule has 0 aliphatic carbocycles. The van der Waals surface area contributed by atoms with E-state index < -0.39 is 11.2 Å². The Morgan fingerprint density at radius 3 is 1.06 bits per heavy atom. The lowest BCUT2D eigenvalue weighted by atomic mass is 10.2. The molecule has 0 N–H and O–H groups in total. The van der Waals surface area contributed by atoms with Crippen molar-refractivity contribution in [1.29, 1.82) is 0 Å². The maximum atomic E-state index is 10.5. The second-order valence-electron chi connectivity index (χ2n) is 5.48. The molecule has 4 nitrogen and oxygen atoms in total. The van der Waals surface area contributed by atoms with Crippen LogP contribution < -0.4 is 0 Å². The van der Waals surface area contributed by atoms with E-state index in [0.29, 0.717) is 0 Å². The monoisotopic (exact) mass is 256 g/mol. The Kier molecular flexibility index (Phi) is 8.02. The first kappa shape index (κ1) is 18.8. The van der Waals surface area contributed by atoms with E-state index in [9.17, 15) is 9.59 Å². The molecule has 0 aliphatic rings. The van der Waals surface area contributed by atoms with E-state index in [4.69, 9.17) is 9.47 Å². The fourth-order valence-corrected chi connectivity index (χ4v) is 0.687. The molecule has 4 heteroatoms. The summed E-state index contributed by atoms with van der Waals surface area (Å²) >= 11 is 0. The summed E-state index contributed by atoms with van der Waals surface area (Å²) in [5.41, 5.74) is -0.795. The van der Waals surface area contributed by atoms with Gasteiger partial charge in [0.05, 0.1) is 0 Å². The predicted octanol–water partition coefficient (Wildman–Crippen LogP) is 3.03. The van der Waals surface area contributed by atoms with Gasteiger partial charge in [0.15, 0.2) is 0 Å². The van der Waals surface area contributed by atoms with Crippen molar-refractivity contribution in [2.75, 3.05) is 0 Å². The summed E-state index contributed by atoms with van der Waals surface area (Å²) in [5.74, 6) is -0.745. The van der Waals surface area contributed by atoms with Crippen LogP contribution >= 0.6 is 0 Å². The van der Waals surface area contributed by atoms with E-state index in [1.165, 1.54) is 0 Å². The zero-order valence-electron chi connectivity index (χ0n) is 12.2. The van der Waals surface area contributed by atoms with Gasteiger partial charge < -0.3 is 9.47 Å². The fourth-order valence-electron chi connectivity index (χ4n) is 0.687. The zero-order chi connectivity index (χ0) is 15.0. The first-order valence-corrected chi connectivity index (χ1v) is 5.62. The lowest BCUT2D eigenvalue weighted by molar-refractivity contribution is -0.149. The van der Waals surface area contributed by atoms with Gasteiger partial charge in [-0.3, -0.25) is 0 Å². The summed E-state index contributed by atoms with van der Waals surface area (Å²) in [7, 11) is 0. The van der Waals surface area contributed by atoms with Crippen LogP contribution in [-0.2, 0) is 19.1 Å². The standard InChI is InChI=1S/2C7H12O2/c2*1-5-6(8)9-7(2,3)4/h2*5H,1H2,2-4H3. The van der Waals surface area contributed by atoms with Gasteiger partial charge in [0.1, 0.15) is 11.2 Å². The van der Waals surface area contributed by atoms with Gasteiger partial charge in [-0.25, -0.2) is 9.59 Å². The molecule has 0 heterocycles. The molecule has 104 valence electrons. The van der Waals surface area contributed by atoms with Crippen LogP contribution in [0.3, 0.4) is 0 Å². The molecule has 0 spiro atoms. The van der Waals surface area contributed by atoms with Crippen LogP contribution in [0, 0.1) is 0 Å². The van der Waals surface area contributed by atoms with Gasteiger partial charge in [-0.2, -0.15) is 0 Å². The van der Waals surface area contributed by atoms with E-state index in [1.807, 2.05) is 41.5 Å². The molecule has 0 aromatic rings. The van der Waals surface area contributed by atoms with Crippen molar-refractivity contribution < 1.29 is 19.1 Å². The molecule has 0 aromatic carbocycles. The molecule has 0 atom stereocenters. The van der Waals surface area contributed by atoms with Crippen LogP contribution in [-0.4, -0.2) is 23.1 Å². The number of esters is 2. The highest BCUT2D eigenvalue weighted by Crippen LogP contribution is 2.06. The topological polar surface area (TPSA) is 52.6 Å². The third kappa shape index (κ3) is 16.8. The first-order chi connectivity index (χ1) is 7.91. The Morgan fingerprint density at radius 1 is 0.778 bits per heavy atom. The van der Waals surface area contributed by atoms with E-state index in [1.54, 1.807) is 0 Å². The number of hydrogen-bond donors (Lipinski definition) is 0. The molecule has 0 bridgehead atoms. The van der Waals surface area contributed by atoms with Crippen molar-refractivity contribution in [2.24, 2.45) is 0 Å². The van der Waals surface area contributed by atoms with Gasteiger partial charge in [0.25, 0.3) is 0 Å². The van der Waals surface area contributed by atoms with Crippen molar-refractivity contribution in [3.63, 3.8) is 0 Å². The number of carbonyl (C=O) groups excluding carboxylic acids is 2. The second kappa shape index (κ2) is 7.69. The SMILES string of the molecule is C=CC(=O)OC(C)(C)C.C=CC(=O)OC(C)(C)C. The van der Waals surface area contributed by atoms with Crippen molar-refractivity contribution in [3.05, 3.63) is 25.3 Å². The van der Waals surface area contributed by atoms with Gasteiger partial charge in [-0.1, -0.05) is 13.2 Å². The van der Waals surface area contributed by atoms with E-state index >= 15 is 0 Å². The van der Waals surface area contributed by atoms with Gasteiger partial charge in [-0.15, -0.1) is 0 Å². The van der Waals surface area contributed by atoms with Gasteiger partial charge in [-0.05, 0) is 41.5 Å². The molecule has 0 aliphatic heterocycles. The Labute approximate surface area is 110 Å². The van der Waals surface area contributed by atoms with Crippen molar-refractivity contribution in [3.8, 4) is 0 Å². The summed E-state index contributed by atoms with van der Waals surface area (Å²) in [4.78, 5) is 21.0. The highest BCUT2D eigenvalue weighted by atomic mass is 16.6. The lowest BCUT2D eigenvalue weighted by Crippen LogP contribution is -2.22. The smallest absolute Gasteiger partial charge is 0.330 e. The molecule has 0 saturated carbocycles. The Bertz CT molecular complexity index is 271. The third-order valence-electron chi connectivity index (χ3n) is 1.15. The maximum Gasteiger partial charge on any atom is 0.330 e. The van der Waals surface area contributed by atoms with Crippen LogP contribution in [0.2, 0.25) is 0 Å². The summed E-state index contributed by atoms with van der Waals surface area (Å²) in [5, 5.41) is 0. The molecular formula is C14H24O4. The molecular weight excluding hydrogens is 232 g/mol. The number of rotatable bonds is 2. The van der Waals surface area contributed by atoms with Crippen LogP contribution in [0.5, 0.6) is 0 Å². The first-order valence-electron chi connectivity index (χ1n) is 5.62. The predicted molar refractivity (Wildman–Crippen MR) is 72.1 cm³/mol. The van der Waals surface area contributed by atoms with Crippen LogP contribution in [0.4, 0.5) is 0 Å². The van der Waals surface area contributed by atoms with Crippen molar-refractivity contribution >= 4 is 11.9 Å². The summed E-state index contributed by atoms with van der Waals surface area (Å²) in [6.07, 6.45) is 2.32. The Hall–Kier alpha value is -1.58. The molecule has 0 saturated heterocycles. The molecule has 0 amide bonds. The average molecular weight is 256 g/mol. The molecule has 18 heavy (non-hydrogen) atoms. The molecule has 0 aromatic heterocycles. The molecule has 0 unspecified atom stereocenters. The molecule has 0 radical (unpaired) electrons. The minimum atomic E-state index is -0.398. The van der Waals surface area contributed by atoms with Gasteiger partial charge in [0, 0.05) is 12.2 Å². The minimum absolute atomic E-state index is 0.373. The summed E-state index contributed by atoms with van der Waals surface area (Å²) < 4.78 is 9.66. The van der Waals surface area contributed by atoms with E-state index in [2.05, 4.69) is 13.2 Å². The van der Waals surface area contributed by atoms with Crippen LogP contribution in [0.15, 0.2) is 25.3 Å². The summed E-state index contributed by atoms with van der Waals surface area (Å²) in [6.45, 7) is 17.4. The second-order valence-corrected chi connectivity index (χ2v) is 5.48. The molecule has 0 rings (SSSR count). The van der Waals surface area contributed by atoms with Crippen LogP contribution in [0.1, 0.15) is 41.5 Å². The average Bonchev–Trinajstić information content (AvgIpc) is 2.13. The van der Waals surface area contributed by atoms with E-state index in [-0.39, 0.29) is 11.9 Å². The number of carbonyl (C=O) groups is 2. The fraction of sp³-hybridized carbons (Fsp3) is 0.571. The minimum Gasteiger partial charge on any atom is -0.457 e. The number of hydrogen-bond acceptors (Lipinski definition) is 4. The highest BCUT2D eigenvalue weighted by molar-refractivity contribution is 5.81. The lowest BCUT2D eigenvalue weighted by Gasteiger charge is -2.17. The van der Waals surface area contributed by atoms with Crippen molar-refractivity contribution in [1.82, 2.24) is 0 Å². The summed E-state index contributed by atoms with van der Waals surface area (Å²) in [6, 6.07) is 0.